The Hall–Kier alpha value is -3.98. The third-order valence-corrected chi connectivity index (χ3v) is 4.50. The molecule has 0 atom stereocenters. The van der Waals surface area contributed by atoms with E-state index in [0.717, 1.165) is 22.0 Å². The summed E-state index contributed by atoms with van der Waals surface area (Å²) >= 11 is 0. The van der Waals surface area contributed by atoms with Crippen LogP contribution in [0.1, 0.15) is 27.0 Å². The molecule has 0 fully saturated rings. The predicted molar refractivity (Wildman–Crippen MR) is 110 cm³/mol. The van der Waals surface area contributed by atoms with E-state index in [2.05, 4.69) is 27.2 Å². The van der Waals surface area contributed by atoms with Gasteiger partial charge >= 0.3 is 0 Å². The van der Waals surface area contributed by atoms with Gasteiger partial charge in [0.15, 0.2) is 0 Å². The van der Waals surface area contributed by atoms with Gasteiger partial charge in [0.25, 0.3) is 5.91 Å². The van der Waals surface area contributed by atoms with E-state index in [1.54, 1.807) is 47.5 Å². The third kappa shape index (κ3) is 3.85. The number of aryl methyl sites for hydroxylation is 2. The van der Waals surface area contributed by atoms with Crippen LogP contribution in [0.4, 0.5) is 10.1 Å². The molecule has 142 valence electrons. The largest absolute Gasteiger partial charge is 0.322 e. The molecule has 0 saturated heterocycles. The predicted octanol–water partition coefficient (Wildman–Crippen LogP) is 4.07. The molecule has 5 nitrogen and oxygen atoms in total. The van der Waals surface area contributed by atoms with E-state index in [9.17, 15) is 9.18 Å². The van der Waals surface area contributed by atoms with Crippen LogP contribution in [-0.4, -0.2) is 20.7 Å². The van der Waals surface area contributed by atoms with Crippen LogP contribution in [0.25, 0.3) is 10.9 Å². The Balaban J connectivity index is 1.59. The van der Waals surface area contributed by atoms with Gasteiger partial charge in [0.1, 0.15) is 5.82 Å². The maximum absolute atomic E-state index is 13.9. The quantitative estimate of drug-likeness (QED) is 0.530. The summed E-state index contributed by atoms with van der Waals surface area (Å²) in [6, 6.07) is 11.5. The lowest BCUT2D eigenvalue weighted by molar-refractivity contribution is 0.102. The summed E-state index contributed by atoms with van der Waals surface area (Å²) in [4.78, 5) is 16.6. The number of hydrogen-bond acceptors (Lipinski definition) is 3. The monoisotopic (exact) mass is 384 g/mol. The van der Waals surface area contributed by atoms with Crippen LogP contribution in [0.15, 0.2) is 61.1 Å². The molecule has 4 aromatic rings. The highest BCUT2D eigenvalue weighted by molar-refractivity contribution is 6.04. The van der Waals surface area contributed by atoms with Crippen LogP contribution in [0.5, 0.6) is 0 Å². The zero-order valence-electron chi connectivity index (χ0n) is 15.9. The molecule has 6 heteroatoms. The lowest BCUT2D eigenvalue weighted by atomic mass is 10.1. The molecule has 0 saturated carbocycles. The van der Waals surface area contributed by atoms with Gasteiger partial charge in [-0.1, -0.05) is 29.5 Å². The molecule has 0 spiro atoms. The lowest BCUT2D eigenvalue weighted by Gasteiger charge is -2.07. The molecule has 0 aliphatic heterocycles. The third-order valence-electron chi connectivity index (χ3n) is 4.50. The highest BCUT2D eigenvalue weighted by Crippen LogP contribution is 2.17. The van der Waals surface area contributed by atoms with Crippen molar-refractivity contribution in [2.45, 2.75) is 6.92 Å². The van der Waals surface area contributed by atoms with Crippen LogP contribution in [0.3, 0.4) is 0 Å². The summed E-state index contributed by atoms with van der Waals surface area (Å²) in [7, 11) is 1.85. The highest BCUT2D eigenvalue weighted by Gasteiger charge is 2.12. The fourth-order valence-corrected chi connectivity index (χ4v) is 2.98. The fourth-order valence-electron chi connectivity index (χ4n) is 2.98. The van der Waals surface area contributed by atoms with Crippen molar-refractivity contribution in [1.29, 1.82) is 0 Å². The second-order valence-corrected chi connectivity index (χ2v) is 6.66. The van der Waals surface area contributed by atoms with Crippen molar-refractivity contribution in [2.24, 2.45) is 7.05 Å². The van der Waals surface area contributed by atoms with Crippen LogP contribution in [-0.2, 0) is 7.05 Å². The first-order chi connectivity index (χ1) is 14.0. The molecule has 0 unspecified atom stereocenters. The zero-order valence-corrected chi connectivity index (χ0v) is 15.9. The average molecular weight is 384 g/mol. The lowest BCUT2D eigenvalue weighted by Crippen LogP contribution is -2.14. The van der Waals surface area contributed by atoms with Gasteiger partial charge in [0.2, 0.25) is 0 Å². The van der Waals surface area contributed by atoms with Crippen molar-refractivity contribution < 1.29 is 9.18 Å². The number of aromatic nitrogens is 3. The SMILES string of the molecule is Cc1ccc(F)c(C(=O)Nc2cccc(C#Cc3cncc4c3cnn4C)c2)c1. The number of halogens is 1. The van der Waals surface area contributed by atoms with Crippen molar-refractivity contribution in [3.05, 3.63) is 89.1 Å². The van der Waals surface area contributed by atoms with Gasteiger partial charge < -0.3 is 5.32 Å². The Kier molecular flexibility index (Phi) is 4.80. The molecule has 2 aromatic carbocycles. The Morgan fingerprint density at radius 3 is 2.83 bits per heavy atom. The average Bonchev–Trinajstić information content (AvgIpc) is 3.10. The maximum Gasteiger partial charge on any atom is 0.258 e. The number of nitrogens with one attached hydrogen (secondary N) is 1. The molecule has 0 bridgehead atoms. The summed E-state index contributed by atoms with van der Waals surface area (Å²) < 4.78 is 15.7. The summed E-state index contributed by atoms with van der Waals surface area (Å²) in [6.07, 6.45) is 5.20. The van der Waals surface area contributed by atoms with Crippen LogP contribution in [0.2, 0.25) is 0 Å². The summed E-state index contributed by atoms with van der Waals surface area (Å²) in [5.41, 5.74) is 3.75. The first-order valence-electron chi connectivity index (χ1n) is 8.96. The molecular weight excluding hydrogens is 367 g/mol. The van der Waals surface area contributed by atoms with E-state index in [-0.39, 0.29) is 5.56 Å². The minimum atomic E-state index is -0.555. The number of benzene rings is 2. The van der Waals surface area contributed by atoms with E-state index in [4.69, 9.17) is 0 Å². The smallest absolute Gasteiger partial charge is 0.258 e. The molecule has 4 rings (SSSR count). The number of rotatable bonds is 2. The Bertz CT molecular complexity index is 1300. The van der Waals surface area contributed by atoms with Crippen molar-refractivity contribution in [3.63, 3.8) is 0 Å². The maximum atomic E-state index is 13.9. The molecule has 1 N–H and O–H groups in total. The van der Waals surface area contributed by atoms with Gasteiger partial charge in [-0.15, -0.1) is 0 Å². The van der Waals surface area contributed by atoms with Crippen molar-refractivity contribution in [1.82, 2.24) is 14.8 Å². The molecule has 2 aromatic heterocycles. The summed E-state index contributed by atoms with van der Waals surface area (Å²) in [6.45, 7) is 1.81. The van der Waals surface area contributed by atoms with E-state index in [1.165, 1.54) is 12.1 Å². The van der Waals surface area contributed by atoms with E-state index >= 15 is 0 Å². The Morgan fingerprint density at radius 1 is 1.10 bits per heavy atom. The molecule has 29 heavy (non-hydrogen) atoms. The summed E-state index contributed by atoms with van der Waals surface area (Å²) in [5.74, 6) is 5.14. The van der Waals surface area contributed by atoms with Gasteiger partial charge in [-0.3, -0.25) is 14.5 Å². The number of amides is 1. The van der Waals surface area contributed by atoms with Crippen LogP contribution < -0.4 is 5.32 Å². The molecule has 2 heterocycles. The Morgan fingerprint density at radius 2 is 1.97 bits per heavy atom. The number of hydrogen-bond donors (Lipinski definition) is 1. The van der Waals surface area contributed by atoms with Crippen LogP contribution >= 0.6 is 0 Å². The fraction of sp³-hybridized carbons (Fsp3) is 0.0870. The van der Waals surface area contributed by atoms with Gasteiger partial charge in [-0.2, -0.15) is 5.10 Å². The number of fused-ring (bicyclic) bond motifs is 1. The normalized spacial score (nSPS) is 10.4. The standard InChI is InChI=1S/C23H17FN4O/c1-15-6-9-21(24)19(10-15)23(29)27-18-5-3-4-16(11-18)7-8-17-12-25-14-22-20(17)13-26-28(22)2/h3-6,9-14H,1-2H3,(H,27,29). The molecule has 0 aliphatic carbocycles. The van der Waals surface area contributed by atoms with Gasteiger partial charge in [-0.25, -0.2) is 4.39 Å². The minimum absolute atomic E-state index is 0.0100. The highest BCUT2D eigenvalue weighted by atomic mass is 19.1. The first-order valence-corrected chi connectivity index (χ1v) is 8.96. The number of carbonyl (C=O) groups is 1. The second kappa shape index (κ2) is 7.56. The van der Waals surface area contributed by atoms with Gasteiger partial charge in [-0.05, 0) is 37.3 Å². The number of pyridine rings is 1. The van der Waals surface area contributed by atoms with Crippen molar-refractivity contribution in [3.8, 4) is 11.8 Å². The topological polar surface area (TPSA) is 59.8 Å². The van der Waals surface area contributed by atoms with Gasteiger partial charge in [0.05, 0.1) is 29.0 Å². The van der Waals surface area contributed by atoms with Crippen LogP contribution in [0, 0.1) is 24.6 Å². The van der Waals surface area contributed by atoms with E-state index in [0.29, 0.717) is 11.3 Å². The summed E-state index contributed by atoms with van der Waals surface area (Å²) in [5, 5.41) is 7.88. The Labute approximate surface area is 167 Å². The molecule has 1 amide bonds. The van der Waals surface area contributed by atoms with Crippen molar-refractivity contribution in [2.75, 3.05) is 5.32 Å². The second-order valence-electron chi connectivity index (χ2n) is 6.66. The van der Waals surface area contributed by atoms with Crippen molar-refractivity contribution >= 4 is 22.5 Å². The molecular formula is C23H17FN4O. The zero-order chi connectivity index (χ0) is 20.4. The number of nitrogens with zero attached hydrogens (tertiary/aromatic N) is 3. The number of carbonyl (C=O) groups excluding carboxylic acids is 1. The van der Waals surface area contributed by atoms with E-state index < -0.39 is 11.7 Å². The minimum Gasteiger partial charge on any atom is -0.322 e. The first kappa shape index (κ1) is 18.4. The molecule has 0 aliphatic rings. The molecule has 0 radical (unpaired) electrons. The van der Waals surface area contributed by atoms with E-state index in [1.807, 2.05) is 20.0 Å². The van der Waals surface area contributed by atoms with Gasteiger partial charge in [0, 0.05) is 29.9 Å². The number of anilines is 1.